The Balaban J connectivity index is 1.54. The van der Waals surface area contributed by atoms with Gasteiger partial charge < -0.3 is 14.2 Å². The van der Waals surface area contributed by atoms with Crippen molar-refractivity contribution in [1.82, 2.24) is 14.5 Å². The zero-order chi connectivity index (χ0) is 16.4. The van der Waals surface area contributed by atoms with Crippen molar-refractivity contribution in [2.24, 2.45) is 7.05 Å². The van der Waals surface area contributed by atoms with E-state index in [1.54, 1.807) is 0 Å². The average Bonchev–Trinajstić information content (AvgIpc) is 3.38. The maximum atomic E-state index is 5.97. The first-order valence-corrected chi connectivity index (χ1v) is 9.08. The zero-order valence-corrected chi connectivity index (χ0v) is 14.4. The van der Waals surface area contributed by atoms with Gasteiger partial charge in [0.15, 0.2) is 0 Å². The lowest BCUT2D eigenvalue weighted by Crippen LogP contribution is -2.36. The van der Waals surface area contributed by atoms with Crippen molar-refractivity contribution in [3.63, 3.8) is 0 Å². The summed E-state index contributed by atoms with van der Waals surface area (Å²) >= 11 is 0. The van der Waals surface area contributed by atoms with E-state index in [0.29, 0.717) is 12.0 Å². The van der Waals surface area contributed by atoms with E-state index in [4.69, 9.17) is 9.72 Å². The molecule has 1 aliphatic carbocycles. The van der Waals surface area contributed by atoms with E-state index in [2.05, 4.69) is 40.0 Å². The van der Waals surface area contributed by atoms with Gasteiger partial charge >= 0.3 is 0 Å². The molecule has 0 spiro atoms. The Kier molecular flexibility index (Phi) is 4.52. The van der Waals surface area contributed by atoms with E-state index < -0.39 is 0 Å². The molecule has 2 aromatic heterocycles. The number of anilines is 1. The molecular weight excluding hydrogens is 300 g/mol. The highest BCUT2D eigenvalue weighted by Crippen LogP contribution is 2.38. The highest BCUT2D eigenvalue weighted by Gasteiger charge is 2.27. The molecule has 5 heteroatoms. The van der Waals surface area contributed by atoms with Crippen LogP contribution in [0.5, 0.6) is 0 Å². The van der Waals surface area contributed by atoms with Crippen molar-refractivity contribution in [3.8, 4) is 0 Å². The molecule has 1 unspecified atom stereocenters. The summed E-state index contributed by atoms with van der Waals surface area (Å²) in [5.74, 6) is 2.62. The number of ether oxygens (including phenoxy) is 1. The Morgan fingerprint density at radius 2 is 2.17 bits per heavy atom. The SMILES string of the molecule is Cn1ccc(CN(CC2CCCCO2)c2ccnc(C3CC3)n2)c1. The van der Waals surface area contributed by atoms with Crippen LogP contribution in [0.1, 0.15) is 49.4 Å². The van der Waals surface area contributed by atoms with Crippen molar-refractivity contribution in [3.05, 3.63) is 42.1 Å². The van der Waals surface area contributed by atoms with E-state index >= 15 is 0 Å². The molecule has 0 amide bonds. The van der Waals surface area contributed by atoms with E-state index in [0.717, 1.165) is 37.8 Å². The summed E-state index contributed by atoms with van der Waals surface area (Å²) in [6, 6.07) is 4.22. The maximum Gasteiger partial charge on any atom is 0.133 e. The molecule has 1 aliphatic heterocycles. The van der Waals surface area contributed by atoms with Gasteiger partial charge in [0.05, 0.1) is 6.10 Å². The second-order valence-electron chi connectivity index (χ2n) is 7.10. The van der Waals surface area contributed by atoms with Gasteiger partial charge in [-0.2, -0.15) is 0 Å². The molecule has 5 nitrogen and oxygen atoms in total. The van der Waals surface area contributed by atoms with Crippen LogP contribution in [-0.4, -0.2) is 33.8 Å². The van der Waals surface area contributed by atoms with Crippen molar-refractivity contribution in [1.29, 1.82) is 0 Å². The third-order valence-corrected chi connectivity index (χ3v) is 4.89. The molecule has 0 bridgehead atoms. The summed E-state index contributed by atoms with van der Waals surface area (Å²) in [5, 5.41) is 0. The first-order chi connectivity index (χ1) is 11.8. The van der Waals surface area contributed by atoms with Gasteiger partial charge in [0.2, 0.25) is 0 Å². The quantitative estimate of drug-likeness (QED) is 0.817. The van der Waals surface area contributed by atoms with Crippen LogP contribution in [0.25, 0.3) is 0 Å². The van der Waals surface area contributed by atoms with Gasteiger partial charge in [-0.3, -0.25) is 0 Å². The summed E-state index contributed by atoms with van der Waals surface area (Å²) in [4.78, 5) is 11.7. The molecule has 2 aliphatic rings. The summed E-state index contributed by atoms with van der Waals surface area (Å²) < 4.78 is 8.07. The minimum atomic E-state index is 0.307. The third-order valence-electron chi connectivity index (χ3n) is 4.89. The summed E-state index contributed by atoms with van der Waals surface area (Å²) in [6.45, 7) is 2.65. The maximum absolute atomic E-state index is 5.97. The Morgan fingerprint density at radius 1 is 1.25 bits per heavy atom. The second kappa shape index (κ2) is 6.93. The van der Waals surface area contributed by atoms with Crippen molar-refractivity contribution < 1.29 is 4.74 Å². The van der Waals surface area contributed by atoms with Crippen molar-refractivity contribution >= 4 is 5.82 Å². The molecule has 0 aromatic carbocycles. The van der Waals surface area contributed by atoms with Gasteiger partial charge in [0.1, 0.15) is 11.6 Å². The minimum absolute atomic E-state index is 0.307. The molecule has 4 rings (SSSR count). The van der Waals surface area contributed by atoms with Crippen molar-refractivity contribution in [2.45, 2.75) is 50.7 Å². The fourth-order valence-corrected chi connectivity index (χ4v) is 3.39. The molecule has 1 saturated carbocycles. The molecule has 1 atom stereocenters. The number of aryl methyl sites for hydroxylation is 1. The van der Waals surface area contributed by atoms with E-state index in [9.17, 15) is 0 Å². The average molecular weight is 326 g/mol. The van der Waals surface area contributed by atoms with Crippen LogP contribution in [0.2, 0.25) is 0 Å². The Bertz CT molecular complexity index is 674. The lowest BCUT2D eigenvalue weighted by molar-refractivity contribution is 0.0207. The molecule has 2 fully saturated rings. The normalized spacial score (nSPS) is 21.0. The Morgan fingerprint density at radius 3 is 2.88 bits per heavy atom. The summed E-state index contributed by atoms with van der Waals surface area (Å²) in [7, 11) is 2.06. The van der Waals surface area contributed by atoms with Crippen LogP contribution in [0, 0.1) is 0 Å². The van der Waals surface area contributed by atoms with Gasteiger partial charge in [-0.25, -0.2) is 9.97 Å². The topological polar surface area (TPSA) is 43.2 Å². The molecule has 128 valence electrons. The lowest BCUT2D eigenvalue weighted by atomic mass is 10.1. The summed E-state index contributed by atoms with van der Waals surface area (Å²) in [5.41, 5.74) is 1.31. The van der Waals surface area contributed by atoms with Gasteiger partial charge in [-0.15, -0.1) is 0 Å². The number of hydrogen-bond donors (Lipinski definition) is 0. The number of nitrogens with zero attached hydrogens (tertiary/aromatic N) is 4. The summed E-state index contributed by atoms with van der Waals surface area (Å²) in [6.07, 6.45) is 12.6. The van der Waals surface area contributed by atoms with Crippen LogP contribution in [0.4, 0.5) is 5.82 Å². The second-order valence-corrected chi connectivity index (χ2v) is 7.10. The first kappa shape index (κ1) is 15.6. The largest absolute Gasteiger partial charge is 0.376 e. The molecule has 24 heavy (non-hydrogen) atoms. The molecule has 2 aromatic rings. The fraction of sp³-hybridized carbons (Fsp3) is 0.579. The Hall–Kier alpha value is -1.88. The number of rotatable bonds is 6. The molecule has 0 N–H and O–H groups in total. The highest BCUT2D eigenvalue weighted by molar-refractivity contribution is 5.39. The van der Waals surface area contributed by atoms with Gasteiger partial charge in [-0.05, 0) is 49.8 Å². The van der Waals surface area contributed by atoms with Crippen LogP contribution in [-0.2, 0) is 18.3 Å². The Labute approximate surface area is 143 Å². The number of hydrogen-bond acceptors (Lipinski definition) is 4. The van der Waals surface area contributed by atoms with Crippen LogP contribution < -0.4 is 4.90 Å². The fourth-order valence-electron chi connectivity index (χ4n) is 3.39. The van der Waals surface area contributed by atoms with E-state index in [-0.39, 0.29) is 0 Å². The van der Waals surface area contributed by atoms with Gasteiger partial charge in [-0.1, -0.05) is 0 Å². The van der Waals surface area contributed by atoms with Crippen molar-refractivity contribution in [2.75, 3.05) is 18.1 Å². The predicted molar refractivity (Wildman–Crippen MR) is 94.1 cm³/mol. The van der Waals surface area contributed by atoms with Gasteiger partial charge in [0, 0.05) is 51.3 Å². The van der Waals surface area contributed by atoms with Crippen LogP contribution in [0.3, 0.4) is 0 Å². The van der Waals surface area contributed by atoms with E-state index in [1.807, 2.05) is 12.3 Å². The molecule has 0 radical (unpaired) electrons. The van der Waals surface area contributed by atoms with Crippen LogP contribution in [0.15, 0.2) is 30.7 Å². The molecule has 1 saturated heterocycles. The zero-order valence-electron chi connectivity index (χ0n) is 14.4. The standard InChI is InChI=1S/C19H26N4O/c1-22-10-8-15(12-22)13-23(14-17-4-2-3-11-24-17)18-7-9-20-19(21-18)16-5-6-16/h7-10,12,16-17H,2-6,11,13-14H2,1H3. The molecular formula is C19H26N4O. The van der Waals surface area contributed by atoms with Crippen LogP contribution >= 0.6 is 0 Å². The lowest BCUT2D eigenvalue weighted by Gasteiger charge is -2.30. The highest BCUT2D eigenvalue weighted by atomic mass is 16.5. The smallest absolute Gasteiger partial charge is 0.133 e. The first-order valence-electron chi connectivity index (χ1n) is 9.08. The molecule has 3 heterocycles. The predicted octanol–water partition coefficient (Wildman–Crippen LogP) is 3.27. The van der Waals surface area contributed by atoms with E-state index in [1.165, 1.54) is 31.2 Å². The third kappa shape index (κ3) is 3.78. The van der Waals surface area contributed by atoms with Gasteiger partial charge in [0.25, 0.3) is 0 Å². The number of aromatic nitrogens is 3. The monoisotopic (exact) mass is 326 g/mol. The minimum Gasteiger partial charge on any atom is -0.376 e.